The third-order valence-electron chi connectivity index (χ3n) is 4.49. The van der Waals surface area contributed by atoms with E-state index in [0.29, 0.717) is 5.71 Å². The molecule has 1 aromatic carbocycles. The predicted molar refractivity (Wildman–Crippen MR) is 99.1 cm³/mol. The Morgan fingerprint density at radius 2 is 1.88 bits per heavy atom. The quantitative estimate of drug-likeness (QED) is 0.598. The van der Waals surface area contributed by atoms with Gasteiger partial charge in [-0.2, -0.15) is 13.7 Å². The summed E-state index contributed by atoms with van der Waals surface area (Å²) < 4.78 is 29.4. The van der Waals surface area contributed by atoms with Gasteiger partial charge in [-0.05, 0) is 51.3 Å². The maximum atomic E-state index is 12.3. The van der Waals surface area contributed by atoms with Crippen LogP contribution in [0.1, 0.15) is 32.3 Å². The molecule has 0 aromatic heterocycles. The first-order valence-electron chi connectivity index (χ1n) is 8.25. The Morgan fingerprint density at radius 3 is 2.50 bits per heavy atom. The van der Waals surface area contributed by atoms with Crippen molar-refractivity contribution in [1.82, 2.24) is 0 Å². The lowest BCUT2D eigenvalue weighted by atomic mass is 9.77. The lowest BCUT2D eigenvalue weighted by Gasteiger charge is -2.23. The van der Waals surface area contributed by atoms with E-state index in [1.807, 2.05) is 32.9 Å². The molecule has 0 bridgehead atoms. The van der Waals surface area contributed by atoms with Crippen LogP contribution in [-0.4, -0.2) is 19.8 Å². The van der Waals surface area contributed by atoms with Crippen LogP contribution in [0.3, 0.4) is 0 Å². The van der Waals surface area contributed by atoms with E-state index in [1.165, 1.54) is 12.1 Å². The number of oxime groups is 1. The minimum absolute atomic E-state index is 0.0177. The Kier molecular flexibility index (Phi) is 4.55. The summed E-state index contributed by atoms with van der Waals surface area (Å²) in [5.41, 5.74) is 2.53. The topological polar surface area (TPSA) is 91.9 Å². The molecular weight excluding hydrogens is 350 g/mol. The second-order valence-corrected chi connectivity index (χ2v) is 8.29. The third-order valence-corrected chi connectivity index (χ3v) is 5.61. The van der Waals surface area contributed by atoms with Crippen molar-refractivity contribution in [3.05, 3.63) is 53.3 Å². The fourth-order valence-corrected chi connectivity index (χ4v) is 3.76. The molecule has 0 spiro atoms. The molecule has 0 saturated heterocycles. The Bertz CT molecular complexity index is 1010. The van der Waals surface area contributed by atoms with Crippen molar-refractivity contribution in [3.8, 4) is 6.07 Å². The number of hydrogen-bond donors (Lipinski definition) is 0. The monoisotopic (exact) mass is 369 g/mol. The third kappa shape index (κ3) is 3.20. The SMILES string of the molecule is Cc1ccc(S(=O)(=O)O/N=C(\C#N)C2=NC3=CCCC=C3C2(C)C)cc1. The maximum Gasteiger partial charge on any atom is 0.358 e. The zero-order chi connectivity index (χ0) is 18.9. The van der Waals surface area contributed by atoms with Crippen molar-refractivity contribution < 1.29 is 12.7 Å². The van der Waals surface area contributed by atoms with Crippen LogP contribution in [0.15, 0.2) is 62.7 Å². The van der Waals surface area contributed by atoms with Gasteiger partial charge in [0.2, 0.25) is 5.71 Å². The Balaban J connectivity index is 1.92. The first kappa shape index (κ1) is 18.1. The lowest BCUT2D eigenvalue weighted by molar-refractivity contribution is 0.340. The highest BCUT2D eigenvalue weighted by molar-refractivity contribution is 7.86. The number of nitriles is 1. The summed E-state index contributed by atoms with van der Waals surface area (Å²) >= 11 is 0. The Hall–Kier alpha value is -2.72. The highest BCUT2D eigenvalue weighted by Gasteiger charge is 2.41. The average molecular weight is 369 g/mol. The minimum Gasteiger partial charge on any atom is -0.263 e. The van der Waals surface area contributed by atoms with E-state index < -0.39 is 15.5 Å². The van der Waals surface area contributed by atoms with Gasteiger partial charge in [0.1, 0.15) is 11.0 Å². The van der Waals surface area contributed by atoms with Crippen LogP contribution < -0.4 is 0 Å². The van der Waals surface area contributed by atoms with Crippen LogP contribution in [-0.2, 0) is 14.4 Å². The fraction of sp³-hybridized carbons (Fsp3) is 0.316. The molecule has 1 aromatic rings. The molecule has 0 amide bonds. The molecular formula is C19H19N3O3S. The van der Waals surface area contributed by atoms with E-state index in [9.17, 15) is 13.7 Å². The number of allylic oxidation sites excluding steroid dienone is 3. The van der Waals surface area contributed by atoms with Crippen molar-refractivity contribution in [2.45, 2.75) is 38.5 Å². The van der Waals surface area contributed by atoms with Crippen molar-refractivity contribution in [2.24, 2.45) is 15.6 Å². The summed E-state index contributed by atoms with van der Waals surface area (Å²) in [4.78, 5) is 4.48. The molecule has 0 radical (unpaired) electrons. The van der Waals surface area contributed by atoms with E-state index in [4.69, 9.17) is 4.28 Å². The highest BCUT2D eigenvalue weighted by Crippen LogP contribution is 2.43. The zero-order valence-electron chi connectivity index (χ0n) is 14.9. The maximum absolute atomic E-state index is 12.3. The molecule has 0 N–H and O–H groups in total. The molecule has 26 heavy (non-hydrogen) atoms. The van der Waals surface area contributed by atoms with E-state index in [2.05, 4.69) is 16.2 Å². The van der Waals surface area contributed by atoms with Gasteiger partial charge >= 0.3 is 10.1 Å². The van der Waals surface area contributed by atoms with E-state index in [1.54, 1.807) is 12.1 Å². The van der Waals surface area contributed by atoms with Gasteiger partial charge in [0.05, 0.1) is 11.4 Å². The smallest absolute Gasteiger partial charge is 0.263 e. The van der Waals surface area contributed by atoms with Gasteiger partial charge in [-0.3, -0.25) is 4.28 Å². The number of nitrogens with zero attached hydrogens (tertiary/aromatic N) is 3. The summed E-state index contributed by atoms with van der Waals surface area (Å²) in [6.07, 6.45) is 5.93. The van der Waals surface area contributed by atoms with Crippen molar-refractivity contribution >= 4 is 21.5 Å². The summed E-state index contributed by atoms with van der Waals surface area (Å²) in [5, 5.41) is 13.1. The molecule has 134 valence electrons. The molecule has 0 fully saturated rings. The van der Waals surface area contributed by atoms with Gasteiger partial charge in [-0.15, -0.1) is 0 Å². The van der Waals surface area contributed by atoms with Crippen molar-refractivity contribution in [2.75, 3.05) is 0 Å². The molecule has 7 heteroatoms. The first-order chi connectivity index (χ1) is 12.3. The predicted octanol–water partition coefficient (Wildman–Crippen LogP) is 3.66. The van der Waals surface area contributed by atoms with Crippen LogP contribution in [0, 0.1) is 23.7 Å². The second kappa shape index (κ2) is 6.54. The van der Waals surface area contributed by atoms with Gasteiger partial charge in [-0.25, -0.2) is 4.99 Å². The molecule has 0 saturated carbocycles. The molecule has 2 aliphatic rings. The van der Waals surface area contributed by atoms with Crippen molar-refractivity contribution in [3.63, 3.8) is 0 Å². The van der Waals surface area contributed by atoms with Gasteiger partial charge < -0.3 is 0 Å². The molecule has 6 nitrogen and oxygen atoms in total. The standard InChI is InChI=1S/C19H19N3O3S/c1-13-8-10-14(11-9-13)26(23,24)25-22-17(12-20)18-19(2,3)15-6-4-5-7-16(15)21-18/h6-11H,4-5H2,1-3H3/b22-17+. The van der Waals surface area contributed by atoms with E-state index in [0.717, 1.165) is 29.7 Å². The van der Waals surface area contributed by atoms with Gasteiger partial charge in [0.25, 0.3) is 0 Å². The number of aryl methyl sites for hydroxylation is 1. The average Bonchev–Trinajstić information content (AvgIpc) is 2.87. The van der Waals surface area contributed by atoms with Crippen LogP contribution in [0.2, 0.25) is 0 Å². The minimum atomic E-state index is -4.10. The second-order valence-electron chi connectivity index (χ2n) is 6.76. The number of benzene rings is 1. The summed E-state index contributed by atoms with van der Waals surface area (Å²) in [6, 6.07) is 8.12. The van der Waals surface area contributed by atoms with Gasteiger partial charge in [0, 0.05) is 5.41 Å². The summed E-state index contributed by atoms with van der Waals surface area (Å²) in [6.45, 7) is 5.72. The Morgan fingerprint density at radius 1 is 1.23 bits per heavy atom. The van der Waals surface area contributed by atoms with Crippen LogP contribution in [0.25, 0.3) is 0 Å². The normalized spacial score (nSPS) is 19.0. The number of fused-ring (bicyclic) bond motifs is 1. The molecule has 0 atom stereocenters. The van der Waals surface area contributed by atoms with Crippen molar-refractivity contribution in [1.29, 1.82) is 5.26 Å². The number of aliphatic imine (C=N–C) groups is 1. The first-order valence-corrected chi connectivity index (χ1v) is 9.65. The lowest BCUT2D eigenvalue weighted by Crippen LogP contribution is -2.29. The molecule has 1 aliphatic carbocycles. The molecule has 3 rings (SSSR count). The largest absolute Gasteiger partial charge is 0.358 e. The Labute approximate surface area is 153 Å². The number of rotatable bonds is 4. The van der Waals surface area contributed by atoms with Gasteiger partial charge in [-0.1, -0.05) is 35.0 Å². The fourth-order valence-electron chi connectivity index (χ4n) is 3.03. The zero-order valence-corrected chi connectivity index (χ0v) is 15.7. The van der Waals surface area contributed by atoms with Crippen LogP contribution >= 0.6 is 0 Å². The van der Waals surface area contributed by atoms with E-state index >= 15 is 0 Å². The summed E-state index contributed by atoms with van der Waals surface area (Å²) in [5.74, 6) is 0. The highest BCUT2D eigenvalue weighted by atomic mass is 32.2. The molecule has 1 heterocycles. The molecule has 1 aliphatic heterocycles. The number of hydrogen-bond acceptors (Lipinski definition) is 6. The van der Waals surface area contributed by atoms with Gasteiger partial charge in [0.15, 0.2) is 0 Å². The van der Waals surface area contributed by atoms with Crippen LogP contribution in [0.5, 0.6) is 0 Å². The summed E-state index contributed by atoms with van der Waals surface area (Å²) in [7, 11) is -4.10. The molecule has 0 unspecified atom stereocenters. The van der Waals surface area contributed by atoms with Crippen LogP contribution in [0.4, 0.5) is 0 Å². The van der Waals surface area contributed by atoms with E-state index in [-0.39, 0.29) is 10.6 Å².